The molecule has 2 aromatic rings. The fourth-order valence-corrected chi connectivity index (χ4v) is 3.12. The van der Waals surface area contributed by atoms with Crippen LogP contribution in [0, 0.1) is 13.8 Å². The number of carbonyl (C=O) groups is 2. The smallest absolute Gasteiger partial charge is 0.289 e. The van der Waals surface area contributed by atoms with E-state index >= 15 is 0 Å². The lowest BCUT2D eigenvalue weighted by molar-refractivity contribution is 0.0700. The van der Waals surface area contributed by atoms with Crippen molar-refractivity contribution in [1.29, 1.82) is 0 Å². The molecule has 0 unspecified atom stereocenters. The first-order chi connectivity index (χ1) is 11.5. The number of hydrogen-bond acceptors (Lipinski definition) is 3. The van der Waals surface area contributed by atoms with Gasteiger partial charge >= 0.3 is 0 Å². The third-order valence-corrected chi connectivity index (χ3v) is 4.81. The second-order valence-electron chi connectivity index (χ2n) is 6.26. The molecular weight excluding hydrogens is 306 g/mol. The number of hydrogen-bond donors (Lipinski definition) is 0. The number of furan rings is 1. The summed E-state index contributed by atoms with van der Waals surface area (Å²) < 4.78 is 7.22. The van der Waals surface area contributed by atoms with E-state index in [1.165, 1.54) is 6.26 Å². The number of nitrogens with zero attached hydrogens (tertiary/aromatic N) is 3. The maximum atomic E-state index is 12.8. The molecular formula is C18H23N3O3. The van der Waals surface area contributed by atoms with Crippen molar-refractivity contribution in [3.63, 3.8) is 0 Å². The number of amides is 2. The van der Waals surface area contributed by atoms with Gasteiger partial charge in [-0.2, -0.15) is 0 Å². The highest BCUT2D eigenvalue weighted by Crippen LogP contribution is 2.17. The van der Waals surface area contributed by atoms with Crippen LogP contribution in [0.2, 0.25) is 0 Å². The van der Waals surface area contributed by atoms with Gasteiger partial charge in [0.25, 0.3) is 11.8 Å². The van der Waals surface area contributed by atoms with Crippen LogP contribution in [0.4, 0.5) is 0 Å². The summed E-state index contributed by atoms with van der Waals surface area (Å²) in [4.78, 5) is 28.8. The average Bonchev–Trinajstić information content (AvgIpc) is 3.11. The number of rotatable bonds is 2. The first kappa shape index (κ1) is 16.4. The lowest BCUT2D eigenvalue weighted by atomic mass is 10.2. The molecule has 0 aliphatic carbocycles. The second-order valence-corrected chi connectivity index (χ2v) is 6.26. The van der Waals surface area contributed by atoms with E-state index in [4.69, 9.17) is 4.42 Å². The van der Waals surface area contributed by atoms with Gasteiger partial charge in [-0.1, -0.05) is 0 Å². The molecule has 1 fully saturated rings. The SMILES string of the molecule is Cc1cc(C(=O)N2CCCN(C(=O)c3ccco3)CC2)c(C)n1C. The highest BCUT2D eigenvalue weighted by Gasteiger charge is 2.26. The fourth-order valence-electron chi connectivity index (χ4n) is 3.12. The summed E-state index contributed by atoms with van der Waals surface area (Å²) in [6.45, 7) is 6.32. The van der Waals surface area contributed by atoms with Crippen molar-refractivity contribution in [3.8, 4) is 0 Å². The normalized spacial score (nSPS) is 15.5. The van der Waals surface area contributed by atoms with Crippen LogP contribution in [0.1, 0.15) is 38.7 Å². The molecule has 3 rings (SSSR count). The minimum Gasteiger partial charge on any atom is -0.459 e. The largest absolute Gasteiger partial charge is 0.459 e. The molecule has 3 heterocycles. The highest BCUT2D eigenvalue weighted by molar-refractivity contribution is 5.96. The molecule has 0 aromatic carbocycles. The summed E-state index contributed by atoms with van der Waals surface area (Å²) in [5.41, 5.74) is 2.80. The van der Waals surface area contributed by atoms with Crippen molar-refractivity contribution in [2.75, 3.05) is 26.2 Å². The summed E-state index contributed by atoms with van der Waals surface area (Å²) in [5, 5.41) is 0. The van der Waals surface area contributed by atoms with Gasteiger partial charge in [-0.25, -0.2) is 0 Å². The Hall–Kier alpha value is -2.50. The van der Waals surface area contributed by atoms with Crippen LogP contribution in [0.3, 0.4) is 0 Å². The minimum absolute atomic E-state index is 0.0449. The van der Waals surface area contributed by atoms with Gasteiger partial charge in [-0.15, -0.1) is 0 Å². The lowest BCUT2D eigenvalue weighted by Crippen LogP contribution is -2.37. The van der Waals surface area contributed by atoms with Crippen LogP contribution in [0.15, 0.2) is 28.9 Å². The molecule has 0 bridgehead atoms. The van der Waals surface area contributed by atoms with E-state index in [1.54, 1.807) is 17.0 Å². The Morgan fingerprint density at radius 3 is 2.25 bits per heavy atom. The maximum absolute atomic E-state index is 12.8. The summed E-state index contributed by atoms with van der Waals surface area (Å²) in [6.07, 6.45) is 2.27. The zero-order chi connectivity index (χ0) is 17.3. The Balaban J connectivity index is 1.70. The third kappa shape index (κ3) is 2.96. The minimum atomic E-state index is -0.110. The Morgan fingerprint density at radius 1 is 1.04 bits per heavy atom. The van der Waals surface area contributed by atoms with Gasteiger partial charge in [0.05, 0.1) is 11.8 Å². The first-order valence-corrected chi connectivity index (χ1v) is 8.24. The molecule has 128 valence electrons. The van der Waals surface area contributed by atoms with Crippen molar-refractivity contribution >= 4 is 11.8 Å². The predicted molar refractivity (Wildman–Crippen MR) is 90.0 cm³/mol. The van der Waals surface area contributed by atoms with E-state index in [9.17, 15) is 9.59 Å². The van der Waals surface area contributed by atoms with E-state index in [0.717, 1.165) is 23.4 Å². The third-order valence-electron chi connectivity index (χ3n) is 4.81. The van der Waals surface area contributed by atoms with E-state index < -0.39 is 0 Å². The van der Waals surface area contributed by atoms with Crippen LogP contribution in [0.5, 0.6) is 0 Å². The van der Waals surface area contributed by atoms with Crippen molar-refractivity contribution in [1.82, 2.24) is 14.4 Å². The highest BCUT2D eigenvalue weighted by atomic mass is 16.3. The molecule has 0 N–H and O–H groups in total. The van der Waals surface area contributed by atoms with Gasteiger partial charge in [0, 0.05) is 44.6 Å². The molecule has 2 aromatic heterocycles. The van der Waals surface area contributed by atoms with Crippen LogP contribution in [-0.2, 0) is 7.05 Å². The van der Waals surface area contributed by atoms with Crippen LogP contribution in [0.25, 0.3) is 0 Å². The van der Waals surface area contributed by atoms with Crippen LogP contribution >= 0.6 is 0 Å². The van der Waals surface area contributed by atoms with Gasteiger partial charge in [0.2, 0.25) is 0 Å². The quantitative estimate of drug-likeness (QED) is 0.849. The molecule has 24 heavy (non-hydrogen) atoms. The molecule has 2 amide bonds. The van der Waals surface area contributed by atoms with Gasteiger partial charge in [-0.05, 0) is 38.5 Å². The molecule has 0 radical (unpaired) electrons. The second kappa shape index (κ2) is 6.55. The summed E-state index contributed by atoms with van der Waals surface area (Å²) in [7, 11) is 1.97. The summed E-state index contributed by atoms with van der Waals surface area (Å²) >= 11 is 0. The molecule has 0 saturated carbocycles. The molecule has 1 aliphatic heterocycles. The Morgan fingerprint density at radius 2 is 1.71 bits per heavy atom. The van der Waals surface area contributed by atoms with Gasteiger partial charge in [0.1, 0.15) is 0 Å². The number of aromatic nitrogens is 1. The van der Waals surface area contributed by atoms with Gasteiger partial charge in [-0.3, -0.25) is 9.59 Å². The van der Waals surface area contributed by atoms with Crippen molar-refractivity contribution in [2.45, 2.75) is 20.3 Å². The maximum Gasteiger partial charge on any atom is 0.289 e. The average molecular weight is 329 g/mol. The van der Waals surface area contributed by atoms with Crippen LogP contribution in [-0.4, -0.2) is 52.4 Å². The van der Waals surface area contributed by atoms with E-state index in [-0.39, 0.29) is 11.8 Å². The zero-order valence-electron chi connectivity index (χ0n) is 14.4. The molecule has 0 atom stereocenters. The lowest BCUT2D eigenvalue weighted by Gasteiger charge is -2.21. The topological polar surface area (TPSA) is 58.7 Å². The van der Waals surface area contributed by atoms with E-state index in [0.29, 0.717) is 31.9 Å². The van der Waals surface area contributed by atoms with E-state index in [1.807, 2.05) is 36.4 Å². The zero-order valence-corrected chi connectivity index (χ0v) is 14.4. The fraction of sp³-hybridized carbons (Fsp3) is 0.444. The van der Waals surface area contributed by atoms with Crippen molar-refractivity contribution in [2.24, 2.45) is 7.05 Å². The number of carbonyl (C=O) groups excluding carboxylic acids is 2. The molecule has 6 heteroatoms. The number of aryl methyl sites for hydroxylation is 1. The Bertz CT molecular complexity index is 746. The molecule has 1 aliphatic rings. The molecule has 0 spiro atoms. The molecule has 1 saturated heterocycles. The predicted octanol–water partition coefficient (Wildman–Crippen LogP) is 2.22. The Labute approximate surface area is 141 Å². The first-order valence-electron chi connectivity index (χ1n) is 8.24. The summed E-state index contributed by atoms with van der Waals surface area (Å²) in [5.74, 6) is 0.286. The standard InChI is InChI=1S/C18H23N3O3/c1-13-12-15(14(2)19(13)3)17(22)20-7-5-8-21(10-9-20)18(23)16-6-4-11-24-16/h4,6,11-12H,5,7-10H2,1-3H3. The van der Waals surface area contributed by atoms with Crippen LogP contribution < -0.4 is 0 Å². The molecule has 6 nitrogen and oxygen atoms in total. The Kier molecular flexibility index (Phi) is 4.46. The van der Waals surface area contributed by atoms with Gasteiger partial charge < -0.3 is 18.8 Å². The van der Waals surface area contributed by atoms with Gasteiger partial charge in [0.15, 0.2) is 5.76 Å². The van der Waals surface area contributed by atoms with Crippen molar-refractivity contribution in [3.05, 3.63) is 47.2 Å². The van der Waals surface area contributed by atoms with Crippen molar-refractivity contribution < 1.29 is 14.0 Å². The summed E-state index contributed by atoms with van der Waals surface area (Å²) in [6, 6.07) is 5.32. The monoisotopic (exact) mass is 329 g/mol. The van der Waals surface area contributed by atoms with E-state index in [2.05, 4.69) is 0 Å².